The Kier molecular flexibility index (Phi) is 3.22. The van der Waals surface area contributed by atoms with Gasteiger partial charge in [-0.1, -0.05) is 30.3 Å². The van der Waals surface area contributed by atoms with Crippen LogP contribution in [0.1, 0.15) is 24.0 Å². The van der Waals surface area contributed by atoms with Gasteiger partial charge >= 0.3 is 0 Å². The van der Waals surface area contributed by atoms with Crippen LogP contribution >= 0.6 is 0 Å². The van der Waals surface area contributed by atoms with Crippen LogP contribution in [-0.2, 0) is 25.6 Å². The molecule has 0 heterocycles. The lowest BCUT2D eigenvalue weighted by Crippen LogP contribution is -2.26. The van der Waals surface area contributed by atoms with E-state index in [0.717, 1.165) is 11.1 Å². The second kappa shape index (κ2) is 5.05. The number of Topliss-reactive ketones (excluding diaryl/α,β-unsaturated/α-hetero) is 4. The molecule has 0 radical (unpaired) electrons. The van der Waals surface area contributed by atoms with Crippen LogP contribution in [0.5, 0.6) is 0 Å². The normalized spacial score (nSPS) is 18.0. The fourth-order valence-electron chi connectivity index (χ4n) is 2.57. The standard InChI is InChI=1S/C17H12O4/c18-12-5-6-13(16(20)9-12)17(21)14-7-10-3-1-2-4-11(10)8-15(14)19/h1-4,6-7H,5,8-9H2. The van der Waals surface area contributed by atoms with Crippen molar-refractivity contribution in [1.29, 1.82) is 0 Å². The molecule has 0 aliphatic heterocycles. The fourth-order valence-corrected chi connectivity index (χ4v) is 2.57. The van der Waals surface area contributed by atoms with Crippen LogP contribution in [-0.4, -0.2) is 23.1 Å². The van der Waals surface area contributed by atoms with Gasteiger partial charge in [-0.3, -0.25) is 19.2 Å². The number of benzene rings is 1. The molecule has 1 aromatic carbocycles. The highest BCUT2D eigenvalue weighted by atomic mass is 16.2. The predicted molar refractivity (Wildman–Crippen MR) is 75.5 cm³/mol. The van der Waals surface area contributed by atoms with Crippen LogP contribution in [0.25, 0.3) is 6.08 Å². The maximum Gasteiger partial charge on any atom is 0.199 e. The third-order valence-electron chi connectivity index (χ3n) is 3.69. The SMILES string of the molecule is O=C1CC=C(C(=O)C2=Cc3ccccc3CC2=O)C(=O)C1. The quantitative estimate of drug-likeness (QED) is 0.610. The number of ketones is 4. The number of hydrogen-bond acceptors (Lipinski definition) is 4. The van der Waals surface area contributed by atoms with E-state index in [1.54, 1.807) is 0 Å². The van der Waals surface area contributed by atoms with Crippen molar-refractivity contribution in [3.8, 4) is 0 Å². The van der Waals surface area contributed by atoms with Gasteiger partial charge in [-0.25, -0.2) is 0 Å². The monoisotopic (exact) mass is 280 g/mol. The van der Waals surface area contributed by atoms with Crippen molar-refractivity contribution in [1.82, 2.24) is 0 Å². The van der Waals surface area contributed by atoms with Crippen LogP contribution < -0.4 is 0 Å². The highest BCUT2D eigenvalue weighted by Gasteiger charge is 2.31. The largest absolute Gasteiger partial charge is 0.299 e. The Labute approximate surface area is 121 Å². The van der Waals surface area contributed by atoms with Crippen molar-refractivity contribution in [3.63, 3.8) is 0 Å². The Balaban J connectivity index is 1.99. The number of carbonyl (C=O) groups excluding carboxylic acids is 4. The Morgan fingerprint density at radius 3 is 2.38 bits per heavy atom. The van der Waals surface area contributed by atoms with Crippen molar-refractivity contribution < 1.29 is 19.2 Å². The van der Waals surface area contributed by atoms with E-state index in [-0.39, 0.29) is 42.0 Å². The molecule has 0 saturated carbocycles. The zero-order valence-electron chi connectivity index (χ0n) is 11.2. The number of fused-ring (bicyclic) bond motifs is 1. The van der Waals surface area contributed by atoms with Crippen LogP contribution in [0.2, 0.25) is 0 Å². The maximum absolute atomic E-state index is 12.4. The zero-order chi connectivity index (χ0) is 15.0. The van der Waals surface area contributed by atoms with E-state index in [9.17, 15) is 19.2 Å². The highest BCUT2D eigenvalue weighted by molar-refractivity contribution is 6.39. The number of rotatable bonds is 2. The van der Waals surface area contributed by atoms with Gasteiger partial charge in [0.15, 0.2) is 17.3 Å². The van der Waals surface area contributed by atoms with Crippen molar-refractivity contribution >= 4 is 29.2 Å². The summed E-state index contributed by atoms with van der Waals surface area (Å²) in [6.07, 6.45) is 2.85. The molecule has 4 nitrogen and oxygen atoms in total. The second-order valence-electron chi connectivity index (χ2n) is 5.15. The molecule has 4 heteroatoms. The average molecular weight is 280 g/mol. The van der Waals surface area contributed by atoms with E-state index >= 15 is 0 Å². The molecular formula is C17H12O4. The first-order valence-corrected chi connectivity index (χ1v) is 6.69. The van der Waals surface area contributed by atoms with Crippen LogP contribution in [0.3, 0.4) is 0 Å². The lowest BCUT2D eigenvalue weighted by molar-refractivity contribution is -0.126. The van der Waals surface area contributed by atoms with Crippen LogP contribution in [0.4, 0.5) is 0 Å². The van der Waals surface area contributed by atoms with Crippen molar-refractivity contribution in [2.24, 2.45) is 0 Å². The summed E-state index contributed by atoms with van der Waals surface area (Å²) in [5.74, 6) is -1.55. The molecule has 0 amide bonds. The molecule has 0 unspecified atom stereocenters. The first-order valence-electron chi connectivity index (χ1n) is 6.69. The minimum absolute atomic E-state index is 0.0302. The summed E-state index contributed by atoms with van der Waals surface area (Å²) in [6, 6.07) is 7.34. The third-order valence-corrected chi connectivity index (χ3v) is 3.69. The Morgan fingerprint density at radius 2 is 1.62 bits per heavy atom. The first-order chi connectivity index (χ1) is 10.1. The van der Waals surface area contributed by atoms with E-state index in [1.165, 1.54) is 12.2 Å². The third kappa shape index (κ3) is 2.40. The topological polar surface area (TPSA) is 68.3 Å². The number of hydrogen-bond donors (Lipinski definition) is 0. The van der Waals surface area contributed by atoms with E-state index < -0.39 is 11.6 Å². The molecule has 2 aliphatic rings. The van der Waals surface area contributed by atoms with Gasteiger partial charge in [-0.05, 0) is 17.2 Å². The molecule has 1 aromatic rings. The molecule has 0 N–H and O–H groups in total. The van der Waals surface area contributed by atoms with Crippen LogP contribution in [0.15, 0.2) is 41.5 Å². The summed E-state index contributed by atoms with van der Waals surface area (Å²) >= 11 is 0. The summed E-state index contributed by atoms with van der Waals surface area (Å²) in [7, 11) is 0. The number of carbonyl (C=O) groups is 4. The summed E-state index contributed by atoms with van der Waals surface area (Å²) < 4.78 is 0. The fraction of sp³-hybridized carbons (Fsp3) is 0.176. The Morgan fingerprint density at radius 1 is 0.905 bits per heavy atom. The van der Waals surface area contributed by atoms with E-state index in [0.29, 0.717) is 0 Å². The molecule has 0 spiro atoms. The zero-order valence-corrected chi connectivity index (χ0v) is 11.2. The van der Waals surface area contributed by atoms with Crippen molar-refractivity contribution in [2.45, 2.75) is 19.3 Å². The van der Waals surface area contributed by atoms with Gasteiger partial charge in [0.2, 0.25) is 0 Å². The lowest BCUT2D eigenvalue weighted by Gasteiger charge is -2.16. The summed E-state index contributed by atoms with van der Waals surface area (Å²) in [5, 5.41) is 0. The smallest absolute Gasteiger partial charge is 0.199 e. The first kappa shape index (κ1) is 13.4. The molecule has 0 aromatic heterocycles. The van der Waals surface area contributed by atoms with Gasteiger partial charge in [0, 0.05) is 12.8 Å². The van der Waals surface area contributed by atoms with Gasteiger partial charge in [-0.2, -0.15) is 0 Å². The van der Waals surface area contributed by atoms with Crippen LogP contribution in [0, 0.1) is 0 Å². The minimum Gasteiger partial charge on any atom is -0.299 e. The Bertz CT molecular complexity index is 750. The number of allylic oxidation sites excluding steroid dienone is 3. The molecule has 21 heavy (non-hydrogen) atoms. The molecule has 0 saturated heterocycles. The summed E-state index contributed by atoms with van der Waals surface area (Å²) in [4.78, 5) is 47.5. The summed E-state index contributed by atoms with van der Waals surface area (Å²) in [5.41, 5.74) is 1.69. The van der Waals surface area contributed by atoms with E-state index in [1.807, 2.05) is 24.3 Å². The minimum atomic E-state index is -0.563. The van der Waals surface area contributed by atoms with E-state index in [4.69, 9.17) is 0 Å². The van der Waals surface area contributed by atoms with Crippen molar-refractivity contribution in [3.05, 3.63) is 52.6 Å². The molecule has 0 atom stereocenters. The van der Waals surface area contributed by atoms with E-state index in [2.05, 4.69) is 0 Å². The summed E-state index contributed by atoms with van der Waals surface area (Å²) in [6.45, 7) is 0. The van der Waals surface area contributed by atoms with Crippen molar-refractivity contribution in [2.75, 3.05) is 0 Å². The predicted octanol–water partition coefficient (Wildman–Crippen LogP) is 1.62. The average Bonchev–Trinajstić information content (AvgIpc) is 2.46. The molecule has 0 bridgehead atoms. The van der Waals surface area contributed by atoms with Gasteiger partial charge in [0.05, 0.1) is 17.6 Å². The highest BCUT2D eigenvalue weighted by Crippen LogP contribution is 2.25. The maximum atomic E-state index is 12.4. The van der Waals surface area contributed by atoms with Gasteiger partial charge in [0.25, 0.3) is 0 Å². The van der Waals surface area contributed by atoms with Gasteiger partial charge < -0.3 is 0 Å². The lowest BCUT2D eigenvalue weighted by atomic mass is 9.84. The molecule has 3 rings (SSSR count). The Hall–Kier alpha value is -2.62. The molecule has 104 valence electrons. The van der Waals surface area contributed by atoms with Gasteiger partial charge in [-0.15, -0.1) is 0 Å². The molecule has 0 fully saturated rings. The molecular weight excluding hydrogens is 268 g/mol. The molecule has 2 aliphatic carbocycles. The van der Waals surface area contributed by atoms with Gasteiger partial charge in [0.1, 0.15) is 5.78 Å². The second-order valence-corrected chi connectivity index (χ2v) is 5.15.